The molecule has 3 nitrogen and oxygen atoms in total. The molecule has 1 aromatic rings. The summed E-state index contributed by atoms with van der Waals surface area (Å²) in [6.45, 7) is 8.78. The van der Waals surface area contributed by atoms with E-state index in [1.807, 2.05) is 6.20 Å². The van der Waals surface area contributed by atoms with Gasteiger partial charge in [-0.15, -0.1) is 0 Å². The van der Waals surface area contributed by atoms with Crippen molar-refractivity contribution in [3.8, 4) is 0 Å². The van der Waals surface area contributed by atoms with Gasteiger partial charge < -0.3 is 10.2 Å². The van der Waals surface area contributed by atoms with E-state index in [0.717, 1.165) is 24.6 Å². The lowest BCUT2D eigenvalue weighted by Gasteiger charge is -2.28. The Morgan fingerprint density at radius 2 is 1.82 bits per heavy atom. The maximum absolute atomic E-state index is 4.55. The number of anilines is 2. The smallest absolute Gasteiger partial charge is 0.128 e. The lowest BCUT2D eigenvalue weighted by molar-refractivity contribution is 0.573. The second-order valence-corrected chi connectivity index (χ2v) is 5.83. The second kappa shape index (κ2) is 4.94. The van der Waals surface area contributed by atoms with Crippen LogP contribution in [-0.2, 0) is 0 Å². The van der Waals surface area contributed by atoms with Crippen LogP contribution in [0.15, 0.2) is 18.3 Å². The summed E-state index contributed by atoms with van der Waals surface area (Å²) in [5.41, 5.74) is 1.19. The van der Waals surface area contributed by atoms with E-state index in [1.165, 1.54) is 19.3 Å². The molecule has 0 aromatic carbocycles. The van der Waals surface area contributed by atoms with Crippen molar-refractivity contribution >= 4 is 11.5 Å². The Balaban J connectivity index is 2.02. The third-order valence-electron chi connectivity index (χ3n) is 2.95. The summed E-state index contributed by atoms with van der Waals surface area (Å²) >= 11 is 0. The van der Waals surface area contributed by atoms with Gasteiger partial charge in [-0.25, -0.2) is 4.98 Å². The minimum Gasteiger partial charge on any atom is -0.379 e. The zero-order chi connectivity index (χ0) is 12.3. The third-order valence-corrected chi connectivity index (χ3v) is 2.95. The normalized spacial score (nSPS) is 17.0. The third kappa shape index (κ3) is 3.62. The van der Waals surface area contributed by atoms with Gasteiger partial charge in [-0.3, -0.25) is 0 Å². The van der Waals surface area contributed by atoms with Gasteiger partial charge in [0.25, 0.3) is 0 Å². The fraction of sp³-hybridized carbons (Fsp3) is 0.643. The van der Waals surface area contributed by atoms with E-state index in [4.69, 9.17) is 0 Å². The molecule has 1 aliphatic heterocycles. The van der Waals surface area contributed by atoms with Gasteiger partial charge >= 0.3 is 0 Å². The van der Waals surface area contributed by atoms with Gasteiger partial charge in [0.15, 0.2) is 0 Å². The Morgan fingerprint density at radius 3 is 2.35 bits per heavy atom. The molecule has 17 heavy (non-hydrogen) atoms. The average molecular weight is 233 g/mol. The summed E-state index contributed by atoms with van der Waals surface area (Å²) in [5.74, 6) is 1.11. The molecule has 0 aliphatic carbocycles. The van der Waals surface area contributed by atoms with Crippen molar-refractivity contribution in [1.29, 1.82) is 0 Å². The summed E-state index contributed by atoms with van der Waals surface area (Å²) in [7, 11) is 0. The molecule has 0 saturated carbocycles. The maximum atomic E-state index is 4.55. The highest BCUT2D eigenvalue weighted by molar-refractivity contribution is 5.49. The molecule has 1 saturated heterocycles. The van der Waals surface area contributed by atoms with E-state index in [9.17, 15) is 0 Å². The molecule has 0 atom stereocenters. The molecule has 2 rings (SSSR count). The highest BCUT2D eigenvalue weighted by Gasteiger charge is 2.13. The number of nitrogens with zero attached hydrogens (tertiary/aromatic N) is 2. The predicted molar refractivity (Wildman–Crippen MR) is 73.7 cm³/mol. The SMILES string of the molecule is CC(C)(C)Nc1ccc(N2CCCCC2)nc1. The fourth-order valence-corrected chi connectivity index (χ4v) is 2.20. The van der Waals surface area contributed by atoms with Crippen molar-refractivity contribution in [2.45, 2.75) is 45.6 Å². The topological polar surface area (TPSA) is 28.2 Å². The second-order valence-electron chi connectivity index (χ2n) is 5.83. The standard InChI is InChI=1S/C14H23N3/c1-14(2,3)16-12-7-8-13(15-11-12)17-9-5-4-6-10-17/h7-8,11,16H,4-6,9-10H2,1-3H3. The van der Waals surface area contributed by atoms with Gasteiger partial charge in [0, 0.05) is 18.6 Å². The van der Waals surface area contributed by atoms with Crippen molar-refractivity contribution < 1.29 is 0 Å². The predicted octanol–water partition coefficient (Wildman–Crippen LogP) is 3.28. The van der Waals surface area contributed by atoms with Crippen LogP contribution in [0.2, 0.25) is 0 Å². The Labute approximate surface area is 104 Å². The van der Waals surface area contributed by atoms with Crippen LogP contribution in [-0.4, -0.2) is 23.6 Å². The van der Waals surface area contributed by atoms with E-state index in [-0.39, 0.29) is 5.54 Å². The molecule has 2 heterocycles. The molecule has 1 aromatic heterocycles. The molecule has 3 heteroatoms. The molecule has 0 radical (unpaired) electrons. The number of pyridine rings is 1. The van der Waals surface area contributed by atoms with Crippen LogP contribution in [0.3, 0.4) is 0 Å². The zero-order valence-electron chi connectivity index (χ0n) is 11.2. The summed E-state index contributed by atoms with van der Waals surface area (Å²) in [5, 5.41) is 3.43. The van der Waals surface area contributed by atoms with Crippen molar-refractivity contribution in [1.82, 2.24) is 4.98 Å². The zero-order valence-corrected chi connectivity index (χ0v) is 11.2. The quantitative estimate of drug-likeness (QED) is 0.849. The van der Waals surface area contributed by atoms with Crippen LogP contribution in [0.25, 0.3) is 0 Å². The highest BCUT2D eigenvalue weighted by Crippen LogP contribution is 2.20. The summed E-state index contributed by atoms with van der Waals surface area (Å²) in [4.78, 5) is 6.93. The molecular weight excluding hydrogens is 210 g/mol. The highest BCUT2D eigenvalue weighted by atomic mass is 15.2. The molecule has 1 fully saturated rings. The molecule has 0 amide bonds. The van der Waals surface area contributed by atoms with Crippen molar-refractivity contribution in [3.05, 3.63) is 18.3 Å². The summed E-state index contributed by atoms with van der Waals surface area (Å²) in [6.07, 6.45) is 5.89. The monoisotopic (exact) mass is 233 g/mol. The Hall–Kier alpha value is -1.25. The molecule has 1 aliphatic rings. The van der Waals surface area contributed by atoms with Gasteiger partial charge in [-0.2, -0.15) is 0 Å². The minimum absolute atomic E-state index is 0.0916. The van der Waals surface area contributed by atoms with Gasteiger partial charge in [0.2, 0.25) is 0 Å². The summed E-state index contributed by atoms with van der Waals surface area (Å²) < 4.78 is 0. The van der Waals surface area contributed by atoms with Crippen LogP contribution in [0.1, 0.15) is 40.0 Å². The first-order chi connectivity index (χ1) is 8.04. The first kappa shape index (κ1) is 12.2. The first-order valence-corrected chi connectivity index (χ1v) is 6.54. The van der Waals surface area contributed by atoms with Crippen LogP contribution in [0.5, 0.6) is 0 Å². The van der Waals surface area contributed by atoms with Crippen molar-refractivity contribution in [3.63, 3.8) is 0 Å². The first-order valence-electron chi connectivity index (χ1n) is 6.54. The Morgan fingerprint density at radius 1 is 1.12 bits per heavy atom. The molecular formula is C14H23N3. The number of rotatable bonds is 2. The van der Waals surface area contributed by atoms with E-state index < -0.39 is 0 Å². The van der Waals surface area contributed by atoms with E-state index in [0.29, 0.717) is 0 Å². The fourth-order valence-electron chi connectivity index (χ4n) is 2.20. The van der Waals surface area contributed by atoms with Crippen molar-refractivity contribution in [2.75, 3.05) is 23.3 Å². The van der Waals surface area contributed by atoms with E-state index in [1.54, 1.807) is 0 Å². The van der Waals surface area contributed by atoms with Crippen LogP contribution < -0.4 is 10.2 Å². The van der Waals surface area contributed by atoms with Gasteiger partial charge in [-0.05, 0) is 52.2 Å². The maximum Gasteiger partial charge on any atom is 0.128 e. The minimum atomic E-state index is 0.0916. The van der Waals surface area contributed by atoms with Crippen LogP contribution in [0.4, 0.5) is 11.5 Å². The van der Waals surface area contributed by atoms with Crippen LogP contribution in [0, 0.1) is 0 Å². The molecule has 1 N–H and O–H groups in total. The lowest BCUT2D eigenvalue weighted by atomic mass is 10.1. The van der Waals surface area contributed by atoms with Gasteiger partial charge in [-0.1, -0.05) is 0 Å². The van der Waals surface area contributed by atoms with E-state index in [2.05, 4.69) is 48.1 Å². The Kier molecular flexibility index (Phi) is 3.55. The number of hydrogen-bond donors (Lipinski definition) is 1. The lowest BCUT2D eigenvalue weighted by Crippen LogP contribution is -2.30. The number of nitrogens with one attached hydrogen (secondary N) is 1. The van der Waals surface area contributed by atoms with E-state index >= 15 is 0 Å². The molecule has 0 unspecified atom stereocenters. The molecule has 0 bridgehead atoms. The number of hydrogen-bond acceptors (Lipinski definition) is 3. The van der Waals surface area contributed by atoms with Crippen LogP contribution >= 0.6 is 0 Å². The van der Waals surface area contributed by atoms with Gasteiger partial charge in [0.05, 0.1) is 11.9 Å². The number of piperidine rings is 1. The largest absolute Gasteiger partial charge is 0.379 e. The van der Waals surface area contributed by atoms with Crippen molar-refractivity contribution in [2.24, 2.45) is 0 Å². The summed E-state index contributed by atoms with van der Waals surface area (Å²) in [6, 6.07) is 4.25. The van der Waals surface area contributed by atoms with Gasteiger partial charge in [0.1, 0.15) is 5.82 Å². The molecule has 0 spiro atoms. The Bertz CT molecular complexity index is 345. The average Bonchev–Trinajstić information content (AvgIpc) is 2.29. The number of aromatic nitrogens is 1. The molecule has 94 valence electrons.